The van der Waals surface area contributed by atoms with Crippen molar-refractivity contribution in [1.82, 2.24) is 0 Å². The predicted molar refractivity (Wildman–Crippen MR) is 60.5 cm³/mol. The number of hydrogen-bond acceptors (Lipinski definition) is 2. The molecule has 1 rings (SSSR count). The first-order valence-corrected chi connectivity index (χ1v) is 5.56. The van der Waals surface area contributed by atoms with E-state index in [1.54, 1.807) is 13.0 Å². The van der Waals surface area contributed by atoms with Crippen LogP contribution in [0.15, 0.2) is 22.7 Å². The highest BCUT2D eigenvalue weighted by molar-refractivity contribution is 9.10. The van der Waals surface area contributed by atoms with Crippen molar-refractivity contribution in [1.29, 1.82) is 0 Å². The molecular weight excluding hydrogens is 279 g/mol. The standard InChI is InChI=1S/C11H12BrFO3/c1-6(4-10(14)15)11(16)8-3-2-7(12)5-9(8)13/h2-3,5-6,11,16H,4H2,1H3,(H,14,15). The van der Waals surface area contributed by atoms with E-state index >= 15 is 0 Å². The van der Waals surface area contributed by atoms with Crippen LogP contribution in [0.2, 0.25) is 0 Å². The number of aliphatic hydroxyl groups excluding tert-OH is 1. The monoisotopic (exact) mass is 290 g/mol. The van der Waals surface area contributed by atoms with Crippen molar-refractivity contribution in [2.45, 2.75) is 19.4 Å². The molecule has 1 aromatic rings. The van der Waals surface area contributed by atoms with Crippen LogP contribution in [0.1, 0.15) is 25.0 Å². The third-order valence-electron chi connectivity index (χ3n) is 2.32. The Morgan fingerprint density at radius 1 is 1.56 bits per heavy atom. The quantitative estimate of drug-likeness (QED) is 0.896. The molecule has 0 aliphatic carbocycles. The van der Waals surface area contributed by atoms with E-state index in [1.807, 2.05) is 0 Å². The van der Waals surface area contributed by atoms with Gasteiger partial charge in [-0.05, 0) is 18.1 Å². The molecule has 16 heavy (non-hydrogen) atoms. The van der Waals surface area contributed by atoms with Gasteiger partial charge in [-0.3, -0.25) is 4.79 Å². The Labute approximate surface area is 101 Å². The Balaban J connectivity index is 2.87. The van der Waals surface area contributed by atoms with E-state index in [0.717, 1.165) is 0 Å². The number of aliphatic hydroxyl groups is 1. The Kier molecular flexibility index (Phi) is 4.44. The molecule has 0 heterocycles. The maximum absolute atomic E-state index is 13.5. The van der Waals surface area contributed by atoms with Crippen LogP contribution in [-0.4, -0.2) is 16.2 Å². The van der Waals surface area contributed by atoms with Gasteiger partial charge in [0, 0.05) is 10.0 Å². The van der Waals surface area contributed by atoms with Crippen molar-refractivity contribution < 1.29 is 19.4 Å². The van der Waals surface area contributed by atoms with Gasteiger partial charge in [-0.15, -0.1) is 0 Å². The fraction of sp³-hybridized carbons (Fsp3) is 0.364. The molecule has 0 fully saturated rings. The van der Waals surface area contributed by atoms with E-state index in [-0.39, 0.29) is 12.0 Å². The molecular formula is C11H12BrFO3. The average molecular weight is 291 g/mol. The van der Waals surface area contributed by atoms with Crippen molar-refractivity contribution >= 4 is 21.9 Å². The maximum Gasteiger partial charge on any atom is 0.303 e. The molecule has 0 saturated heterocycles. The zero-order valence-corrected chi connectivity index (χ0v) is 10.2. The summed E-state index contributed by atoms with van der Waals surface area (Å²) in [6.07, 6.45) is -1.30. The summed E-state index contributed by atoms with van der Waals surface area (Å²) in [6, 6.07) is 4.30. The van der Waals surface area contributed by atoms with Crippen LogP contribution in [0.25, 0.3) is 0 Å². The molecule has 0 aromatic heterocycles. The molecule has 2 atom stereocenters. The summed E-state index contributed by atoms with van der Waals surface area (Å²) >= 11 is 3.11. The van der Waals surface area contributed by atoms with Crippen molar-refractivity contribution in [3.63, 3.8) is 0 Å². The van der Waals surface area contributed by atoms with Gasteiger partial charge in [0.15, 0.2) is 0 Å². The smallest absolute Gasteiger partial charge is 0.303 e. The largest absolute Gasteiger partial charge is 0.481 e. The Bertz CT molecular complexity index is 395. The molecule has 2 N–H and O–H groups in total. The Morgan fingerprint density at radius 3 is 2.69 bits per heavy atom. The molecule has 0 saturated carbocycles. The predicted octanol–water partition coefficient (Wildman–Crippen LogP) is 2.73. The number of hydrogen-bond donors (Lipinski definition) is 2. The zero-order valence-electron chi connectivity index (χ0n) is 8.65. The average Bonchev–Trinajstić information content (AvgIpc) is 2.15. The van der Waals surface area contributed by atoms with Gasteiger partial charge in [0.25, 0.3) is 0 Å². The number of carboxylic acid groups (broad SMARTS) is 1. The molecule has 0 amide bonds. The van der Waals surface area contributed by atoms with Crippen molar-refractivity contribution in [3.8, 4) is 0 Å². The van der Waals surface area contributed by atoms with Gasteiger partial charge in [0.05, 0.1) is 12.5 Å². The normalized spacial score (nSPS) is 14.5. The number of halogens is 2. The van der Waals surface area contributed by atoms with Gasteiger partial charge in [0.1, 0.15) is 5.82 Å². The summed E-state index contributed by atoms with van der Waals surface area (Å²) in [6.45, 7) is 1.57. The van der Waals surface area contributed by atoms with E-state index in [1.165, 1.54) is 12.1 Å². The lowest BCUT2D eigenvalue weighted by Gasteiger charge is -2.18. The number of rotatable bonds is 4. The van der Waals surface area contributed by atoms with Crippen molar-refractivity contribution in [2.75, 3.05) is 0 Å². The minimum absolute atomic E-state index is 0.122. The SMILES string of the molecule is CC(CC(=O)O)C(O)c1ccc(Br)cc1F. The van der Waals surface area contributed by atoms with E-state index in [9.17, 15) is 14.3 Å². The summed E-state index contributed by atoms with van der Waals surface area (Å²) in [4.78, 5) is 10.5. The topological polar surface area (TPSA) is 57.5 Å². The fourth-order valence-corrected chi connectivity index (χ4v) is 1.77. The van der Waals surface area contributed by atoms with Gasteiger partial charge in [-0.25, -0.2) is 4.39 Å². The van der Waals surface area contributed by atoms with E-state index in [2.05, 4.69) is 15.9 Å². The second-order valence-electron chi connectivity index (χ2n) is 3.69. The molecule has 5 heteroatoms. The minimum Gasteiger partial charge on any atom is -0.481 e. The summed E-state index contributed by atoms with van der Waals surface area (Å²) in [7, 11) is 0. The second-order valence-corrected chi connectivity index (χ2v) is 4.60. The lowest BCUT2D eigenvalue weighted by Crippen LogP contribution is -2.14. The van der Waals surface area contributed by atoms with Gasteiger partial charge in [-0.1, -0.05) is 28.9 Å². The van der Waals surface area contributed by atoms with E-state index in [4.69, 9.17) is 5.11 Å². The second kappa shape index (κ2) is 5.41. The lowest BCUT2D eigenvalue weighted by molar-refractivity contribution is -0.139. The highest BCUT2D eigenvalue weighted by Gasteiger charge is 2.21. The van der Waals surface area contributed by atoms with Crippen LogP contribution in [0.3, 0.4) is 0 Å². The van der Waals surface area contributed by atoms with Crippen LogP contribution in [0.5, 0.6) is 0 Å². The van der Waals surface area contributed by atoms with Crippen LogP contribution >= 0.6 is 15.9 Å². The van der Waals surface area contributed by atoms with Crippen LogP contribution in [0, 0.1) is 11.7 Å². The molecule has 88 valence electrons. The molecule has 1 aromatic carbocycles. The zero-order chi connectivity index (χ0) is 12.3. The number of benzene rings is 1. The molecule has 0 aliphatic heterocycles. The van der Waals surface area contributed by atoms with Crippen LogP contribution < -0.4 is 0 Å². The first-order valence-electron chi connectivity index (χ1n) is 4.76. The summed E-state index contributed by atoms with van der Waals surface area (Å²) in [5.74, 6) is -2.09. The Morgan fingerprint density at radius 2 is 2.19 bits per heavy atom. The molecule has 0 spiro atoms. The Hall–Kier alpha value is -0.940. The van der Waals surface area contributed by atoms with Crippen molar-refractivity contribution in [3.05, 3.63) is 34.1 Å². The summed E-state index contributed by atoms with van der Waals surface area (Å²) in [5, 5.41) is 18.4. The fourth-order valence-electron chi connectivity index (χ4n) is 1.43. The first kappa shape index (κ1) is 13.1. The number of carboxylic acids is 1. The number of aliphatic carboxylic acids is 1. The van der Waals surface area contributed by atoms with Crippen LogP contribution in [0.4, 0.5) is 4.39 Å². The highest BCUT2D eigenvalue weighted by Crippen LogP contribution is 2.28. The van der Waals surface area contributed by atoms with E-state index < -0.39 is 23.8 Å². The number of carbonyl (C=O) groups is 1. The van der Waals surface area contributed by atoms with Gasteiger partial charge < -0.3 is 10.2 Å². The molecule has 0 aliphatic rings. The van der Waals surface area contributed by atoms with Gasteiger partial charge in [-0.2, -0.15) is 0 Å². The molecule has 3 nitrogen and oxygen atoms in total. The minimum atomic E-state index is -1.11. The molecule has 0 bridgehead atoms. The molecule has 0 radical (unpaired) electrons. The molecule has 2 unspecified atom stereocenters. The maximum atomic E-state index is 13.5. The van der Waals surface area contributed by atoms with Gasteiger partial charge in [0.2, 0.25) is 0 Å². The lowest BCUT2D eigenvalue weighted by atomic mass is 9.94. The van der Waals surface area contributed by atoms with E-state index in [0.29, 0.717) is 4.47 Å². The summed E-state index contributed by atoms with van der Waals surface area (Å²) < 4.78 is 14.0. The third-order valence-corrected chi connectivity index (χ3v) is 2.81. The first-order chi connectivity index (χ1) is 7.41. The highest BCUT2D eigenvalue weighted by atomic mass is 79.9. The third kappa shape index (κ3) is 3.28. The van der Waals surface area contributed by atoms with Gasteiger partial charge >= 0.3 is 5.97 Å². The van der Waals surface area contributed by atoms with Crippen LogP contribution in [-0.2, 0) is 4.79 Å². The van der Waals surface area contributed by atoms with Crippen molar-refractivity contribution in [2.24, 2.45) is 5.92 Å². The summed E-state index contributed by atoms with van der Waals surface area (Å²) in [5.41, 5.74) is 0.122.